The fourth-order valence-electron chi connectivity index (χ4n) is 2.86. The highest BCUT2D eigenvalue weighted by atomic mass is 32.2. The zero-order valence-electron chi connectivity index (χ0n) is 14.7. The molecule has 1 aromatic heterocycles. The van der Waals surface area contributed by atoms with Gasteiger partial charge in [0.15, 0.2) is 6.61 Å². The number of nitrogens with one attached hydrogen (secondary N) is 1. The lowest BCUT2D eigenvalue weighted by Crippen LogP contribution is -2.22. The molecule has 1 amide bonds. The van der Waals surface area contributed by atoms with Crippen molar-refractivity contribution in [3.05, 3.63) is 71.2 Å². The molecule has 0 bridgehead atoms. The van der Waals surface area contributed by atoms with Gasteiger partial charge in [0.1, 0.15) is 17.4 Å². The van der Waals surface area contributed by atoms with Gasteiger partial charge in [-0.2, -0.15) is 16.9 Å². The van der Waals surface area contributed by atoms with E-state index in [0.29, 0.717) is 11.6 Å². The summed E-state index contributed by atoms with van der Waals surface area (Å²) in [5, 5.41) is 7.61. The number of aromatic nitrogens is 2. The predicted octanol–water partition coefficient (Wildman–Crippen LogP) is 4.08. The number of carbonyl (C=O) groups is 1. The first-order valence-electron chi connectivity index (χ1n) is 8.54. The Balaban J connectivity index is 1.53. The molecular weight excluding hydrogens is 365 g/mol. The number of carbonyl (C=O) groups excluding carboxylic acids is 1. The summed E-state index contributed by atoms with van der Waals surface area (Å²) in [5.74, 6) is 2.15. The molecule has 1 aliphatic rings. The van der Waals surface area contributed by atoms with Crippen LogP contribution >= 0.6 is 11.8 Å². The van der Waals surface area contributed by atoms with Gasteiger partial charge in [-0.05, 0) is 43.3 Å². The van der Waals surface area contributed by atoms with E-state index in [9.17, 15) is 9.18 Å². The van der Waals surface area contributed by atoms with Crippen molar-refractivity contribution in [2.75, 3.05) is 11.9 Å². The standard InChI is InChI=1S/C20H18FN3O2S/c1-13-2-6-15(7-3-13)24-20(17-11-27-12-18(17)23-24)22-19(25)10-26-16-8-4-14(21)5-9-16/h2-9H,10-12H2,1H3,(H,22,25). The molecule has 5 nitrogen and oxygen atoms in total. The Labute approximate surface area is 160 Å². The Kier molecular flexibility index (Phi) is 4.85. The molecular formula is C20H18FN3O2S. The van der Waals surface area contributed by atoms with Crippen molar-refractivity contribution in [1.29, 1.82) is 0 Å². The van der Waals surface area contributed by atoms with Crippen LogP contribution in [0.1, 0.15) is 16.8 Å². The second-order valence-corrected chi connectivity index (χ2v) is 7.29. The van der Waals surface area contributed by atoms with Gasteiger partial charge in [-0.1, -0.05) is 17.7 Å². The number of amides is 1. The van der Waals surface area contributed by atoms with Crippen LogP contribution in [-0.4, -0.2) is 22.3 Å². The van der Waals surface area contributed by atoms with E-state index < -0.39 is 0 Å². The summed E-state index contributed by atoms with van der Waals surface area (Å²) >= 11 is 1.77. The summed E-state index contributed by atoms with van der Waals surface area (Å²) in [6.07, 6.45) is 0. The molecule has 27 heavy (non-hydrogen) atoms. The first kappa shape index (κ1) is 17.6. The molecule has 0 aliphatic carbocycles. The number of anilines is 1. The van der Waals surface area contributed by atoms with Gasteiger partial charge in [0.25, 0.3) is 5.91 Å². The molecule has 0 unspecified atom stereocenters. The molecule has 0 spiro atoms. The Bertz CT molecular complexity index is 968. The summed E-state index contributed by atoms with van der Waals surface area (Å²) in [6.45, 7) is 1.87. The largest absolute Gasteiger partial charge is 0.484 e. The van der Waals surface area contributed by atoms with Crippen molar-refractivity contribution in [3.63, 3.8) is 0 Å². The first-order valence-corrected chi connectivity index (χ1v) is 9.69. The minimum absolute atomic E-state index is 0.160. The third-order valence-electron chi connectivity index (χ3n) is 4.27. The van der Waals surface area contributed by atoms with Crippen LogP contribution in [-0.2, 0) is 16.3 Å². The molecule has 7 heteroatoms. The number of nitrogens with zero attached hydrogens (tertiary/aromatic N) is 2. The molecule has 2 aromatic carbocycles. The summed E-state index contributed by atoms with van der Waals surface area (Å²) in [6, 6.07) is 13.6. The Hall–Kier alpha value is -2.80. The second kappa shape index (κ2) is 7.44. The van der Waals surface area contributed by atoms with E-state index in [4.69, 9.17) is 4.74 Å². The lowest BCUT2D eigenvalue weighted by molar-refractivity contribution is -0.118. The maximum absolute atomic E-state index is 12.9. The quantitative estimate of drug-likeness (QED) is 0.721. The van der Waals surface area contributed by atoms with Crippen molar-refractivity contribution in [2.45, 2.75) is 18.4 Å². The van der Waals surface area contributed by atoms with Crippen molar-refractivity contribution >= 4 is 23.5 Å². The SMILES string of the molecule is Cc1ccc(-n2nc3c(c2NC(=O)COc2ccc(F)cc2)CSC3)cc1. The number of fused-ring (bicyclic) bond motifs is 1. The van der Waals surface area contributed by atoms with Crippen LogP contribution in [0.3, 0.4) is 0 Å². The number of rotatable bonds is 5. The summed E-state index contributed by atoms with van der Waals surface area (Å²) in [4.78, 5) is 12.4. The van der Waals surface area contributed by atoms with Crippen LogP contribution in [0.5, 0.6) is 5.75 Å². The van der Waals surface area contributed by atoms with E-state index >= 15 is 0 Å². The zero-order chi connectivity index (χ0) is 18.8. The van der Waals surface area contributed by atoms with E-state index in [2.05, 4.69) is 10.4 Å². The molecule has 3 aromatic rings. The van der Waals surface area contributed by atoms with Crippen molar-refractivity contribution in [3.8, 4) is 11.4 Å². The molecule has 1 aliphatic heterocycles. The number of benzene rings is 2. The maximum Gasteiger partial charge on any atom is 0.263 e. The Morgan fingerprint density at radius 2 is 1.93 bits per heavy atom. The van der Waals surface area contributed by atoms with E-state index in [-0.39, 0.29) is 18.3 Å². The molecule has 0 saturated carbocycles. The van der Waals surface area contributed by atoms with Crippen LogP contribution < -0.4 is 10.1 Å². The van der Waals surface area contributed by atoms with Crippen LogP contribution in [0.2, 0.25) is 0 Å². The van der Waals surface area contributed by atoms with Crippen LogP contribution in [0.4, 0.5) is 10.2 Å². The van der Waals surface area contributed by atoms with Crippen molar-refractivity contribution in [2.24, 2.45) is 0 Å². The van der Waals surface area contributed by atoms with Gasteiger partial charge < -0.3 is 10.1 Å². The van der Waals surface area contributed by atoms with E-state index in [0.717, 1.165) is 34.0 Å². The summed E-state index contributed by atoms with van der Waals surface area (Å²) in [5.41, 5.74) is 4.10. The second-order valence-electron chi connectivity index (χ2n) is 6.30. The maximum atomic E-state index is 12.9. The highest BCUT2D eigenvalue weighted by Crippen LogP contribution is 2.36. The lowest BCUT2D eigenvalue weighted by atomic mass is 10.2. The number of hydrogen-bond acceptors (Lipinski definition) is 4. The van der Waals surface area contributed by atoms with Gasteiger partial charge in [-0.25, -0.2) is 9.07 Å². The summed E-state index contributed by atoms with van der Waals surface area (Å²) < 4.78 is 20.2. The smallest absolute Gasteiger partial charge is 0.263 e. The fourth-order valence-corrected chi connectivity index (χ4v) is 3.90. The van der Waals surface area contributed by atoms with Crippen LogP contribution in [0, 0.1) is 12.7 Å². The average Bonchev–Trinajstić information content (AvgIpc) is 3.25. The fraction of sp³-hybridized carbons (Fsp3) is 0.200. The number of halogens is 1. The van der Waals surface area contributed by atoms with Gasteiger partial charge >= 0.3 is 0 Å². The zero-order valence-corrected chi connectivity index (χ0v) is 15.6. The van der Waals surface area contributed by atoms with E-state index in [1.165, 1.54) is 24.3 Å². The lowest BCUT2D eigenvalue weighted by Gasteiger charge is -2.12. The van der Waals surface area contributed by atoms with Gasteiger partial charge in [0.2, 0.25) is 0 Å². The molecule has 4 rings (SSSR count). The van der Waals surface area contributed by atoms with Crippen LogP contribution in [0.15, 0.2) is 48.5 Å². The predicted molar refractivity (Wildman–Crippen MR) is 104 cm³/mol. The van der Waals surface area contributed by atoms with Crippen molar-refractivity contribution in [1.82, 2.24) is 9.78 Å². The third-order valence-corrected chi connectivity index (χ3v) is 5.24. The van der Waals surface area contributed by atoms with E-state index in [1.54, 1.807) is 16.4 Å². The molecule has 2 heterocycles. The topological polar surface area (TPSA) is 56.2 Å². The molecule has 1 N–H and O–H groups in total. The van der Waals surface area contributed by atoms with Crippen LogP contribution in [0.25, 0.3) is 5.69 Å². The number of ether oxygens (including phenoxy) is 1. The number of aryl methyl sites for hydroxylation is 1. The Morgan fingerprint density at radius 3 is 2.67 bits per heavy atom. The van der Waals surface area contributed by atoms with Gasteiger partial charge in [-0.15, -0.1) is 0 Å². The highest BCUT2D eigenvalue weighted by molar-refractivity contribution is 7.98. The monoisotopic (exact) mass is 383 g/mol. The van der Waals surface area contributed by atoms with Gasteiger partial charge in [0, 0.05) is 17.1 Å². The minimum Gasteiger partial charge on any atom is -0.484 e. The molecule has 0 radical (unpaired) electrons. The average molecular weight is 383 g/mol. The number of thioether (sulfide) groups is 1. The summed E-state index contributed by atoms with van der Waals surface area (Å²) in [7, 11) is 0. The van der Waals surface area contributed by atoms with Crippen molar-refractivity contribution < 1.29 is 13.9 Å². The van der Waals surface area contributed by atoms with E-state index in [1.807, 2.05) is 31.2 Å². The first-order chi connectivity index (χ1) is 13.1. The molecule has 0 atom stereocenters. The van der Waals surface area contributed by atoms with Gasteiger partial charge in [-0.3, -0.25) is 4.79 Å². The van der Waals surface area contributed by atoms with Gasteiger partial charge in [0.05, 0.1) is 11.4 Å². The molecule has 138 valence electrons. The Morgan fingerprint density at radius 1 is 1.19 bits per heavy atom. The molecule has 0 fully saturated rings. The normalized spacial score (nSPS) is 12.7. The minimum atomic E-state index is -0.345. The highest BCUT2D eigenvalue weighted by Gasteiger charge is 2.24. The number of hydrogen-bond donors (Lipinski definition) is 1. The molecule has 0 saturated heterocycles. The third kappa shape index (κ3) is 3.83.